The minimum atomic E-state index is -1.21. The van der Waals surface area contributed by atoms with Gasteiger partial charge in [-0.3, -0.25) is 0 Å². The van der Waals surface area contributed by atoms with Crippen molar-refractivity contribution in [1.29, 1.82) is 0 Å². The molecule has 0 radical (unpaired) electrons. The largest absolute Gasteiger partial charge is 0.497 e. The molecule has 0 aliphatic rings. The molecule has 96 valence electrons. The molecule has 0 bridgehead atoms. The Bertz CT molecular complexity index is 370. The van der Waals surface area contributed by atoms with Gasteiger partial charge in [0.1, 0.15) is 11.4 Å². The highest BCUT2D eigenvalue weighted by atomic mass is 16.7. The van der Waals surface area contributed by atoms with Gasteiger partial charge in [0.15, 0.2) is 6.29 Å². The number of hydrogen-bond acceptors (Lipinski definition) is 4. The lowest BCUT2D eigenvalue weighted by atomic mass is 9.91. The van der Waals surface area contributed by atoms with Gasteiger partial charge < -0.3 is 19.3 Å². The van der Waals surface area contributed by atoms with Gasteiger partial charge in [-0.15, -0.1) is 0 Å². The maximum Gasteiger partial charge on any atom is 0.189 e. The fourth-order valence-corrected chi connectivity index (χ4v) is 2.01. The fraction of sp³-hybridized carbons (Fsp3) is 0.538. The van der Waals surface area contributed by atoms with E-state index in [1.807, 2.05) is 19.1 Å². The molecule has 0 amide bonds. The number of rotatable bonds is 5. The zero-order valence-electron chi connectivity index (χ0n) is 11.0. The highest BCUT2D eigenvalue weighted by Crippen LogP contribution is 2.31. The van der Waals surface area contributed by atoms with E-state index in [9.17, 15) is 5.11 Å². The second-order valence-electron chi connectivity index (χ2n) is 4.13. The van der Waals surface area contributed by atoms with Gasteiger partial charge in [0.25, 0.3) is 0 Å². The summed E-state index contributed by atoms with van der Waals surface area (Å²) in [6.07, 6.45) is -0.713. The van der Waals surface area contributed by atoms with E-state index in [1.165, 1.54) is 14.2 Å². The summed E-state index contributed by atoms with van der Waals surface area (Å²) in [5, 5.41) is 10.5. The van der Waals surface area contributed by atoms with Crippen molar-refractivity contribution in [3.63, 3.8) is 0 Å². The van der Waals surface area contributed by atoms with Gasteiger partial charge in [-0.1, -0.05) is 6.07 Å². The van der Waals surface area contributed by atoms with Crippen molar-refractivity contribution in [3.05, 3.63) is 29.3 Å². The van der Waals surface area contributed by atoms with Crippen LogP contribution in [0.15, 0.2) is 18.2 Å². The van der Waals surface area contributed by atoms with E-state index in [-0.39, 0.29) is 0 Å². The van der Waals surface area contributed by atoms with E-state index in [4.69, 9.17) is 14.2 Å². The zero-order chi connectivity index (χ0) is 13.1. The number of methoxy groups -OCH3 is 3. The van der Waals surface area contributed by atoms with Crippen molar-refractivity contribution in [3.8, 4) is 5.75 Å². The molecule has 0 saturated heterocycles. The van der Waals surface area contributed by atoms with Gasteiger partial charge in [-0.05, 0) is 37.1 Å². The molecule has 4 nitrogen and oxygen atoms in total. The summed E-state index contributed by atoms with van der Waals surface area (Å²) in [6, 6.07) is 5.49. The fourth-order valence-electron chi connectivity index (χ4n) is 2.01. The number of ether oxygens (including phenoxy) is 3. The molecule has 0 fully saturated rings. The van der Waals surface area contributed by atoms with E-state index >= 15 is 0 Å². The van der Waals surface area contributed by atoms with Crippen molar-refractivity contribution >= 4 is 0 Å². The van der Waals surface area contributed by atoms with E-state index in [2.05, 4.69) is 0 Å². The second kappa shape index (κ2) is 5.49. The summed E-state index contributed by atoms with van der Waals surface area (Å²) >= 11 is 0. The molecule has 4 heteroatoms. The molecule has 0 spiro atoms. The molecular formula is C13H20O4. The summed E-state index contributed by atoms with van der Waals surface area (Å²) in [4.78, 5) is 0. The Morgan fingerprint density at radius 3 is 2.18 bits per heavy atom. The highest BCUT2D eigenvalue weighted by molar-refractivity contribution is 5.38. The summed E-state index contributed by atoms with van der Waals surface area (Å²) in [5.74, 6) is 0.758. The van der Waals surface area contributed by atoms with Crippen LogP contribution in [0, 0.1) is 6.92 Å². The first-order valence-electron chi connectivity index (χ1n) is 5.40. The summed E-state index contributed by atoms with van der Waals surface area (Å²) in [6.45, 7) is 3.58. The average molecular weight is 240 g/mol. The van der Waals surface area contributed by atoms with Crippen LogP contribution in [0.5, 0.6) is 5.75 Å². The van der Waals surface area contributed by atoms with E-state index < -0.39 is 11.9 Å². The normalized spacial score (nSPS) is 14.8. The Labute approximate surface area is 102 Å². The van der Waals surface area contributed by atoms with Crippen LogP contribution < -0.4 is 4.74 Å². The number of aryl methyl sites for hydroxylation is 1. The molecule has 1 unspecified atom stereocenters. The molecule has 0 saturated carbocycles. The third-order valence-corrected chi connectivity index (χ3v) is 2.87. The third kappa shape index (κ3) is 2.77. The van der Waals surface area contributed by atoms with Crippen LogP contribution in [0.3, 0.4) is 0 Å². The lowest BCUT2D eigenvalue weighted by Crippen LogP contribution is -2.39. The van der Waals surface area contributed by atoms with Crippen molar-refractivity contribution < 1.29 is 19.3 Å². The molecule has 17 heavy (non-hydrogen) atoms. The third-order valence-electron chi connectivity index (χ3n) is 2.87. The van der Waals surface area contributed by atoms with Crippen LogP contribution in [0.25, 0.3) is 0 Å². The smallest absolute Gasteiger partial charge is 0.189 e. The number of hydrogen-bond donors (Lipinski definition) is 1. The Morgan fingerprint density at radius 2 is 1.76 bits per heavy atom. The SMILES string of the molecule is COc1ccc(C(C)(O)C(OC)OC)c(C)c1. The van der Waals surface area contributed by atoms with Gasteiger partial charge in [-0.2, -0.15) is 0 Å². The second-order valence-corrected chi connectivity index (χ2v) is 4.13. The molecule has 1 atom stereocenters. The van der Waals surface area contributed by atoms with Crippen molar-refractivity contribution in [2.45, 2.75) is 25.7 Å². The van der Waals surface area contributed by atoms with E-state index in [0.29, 0.717) is 0 Å². The average Bonchev–Trinajstić information content (AvgIpc) is 2.29. The van der Waals surface area contributed by atoms with Gasteiger partial charge in [-0.25, -0.2) is 0 Å². The standard InChI is InChI=1S/C13H20O4/c1-9-8-10(15-3)6-7-11(9)13(2,14)12(16-4)17-5/h6-8,12,14H,1-5H3. The van der Waals surface area contributed by atoms with Crippen molar-refractivity contribution in [1.82, 2.24) is 0 Å². The Kier molecular flexibility index (Phi) is 4.51. The van der Waals surface area contributed by atoms with E-state index in [1.54, 1.807) is 20.1 Å². The molecule has 1 aromatic carbocycles. The van der Waals surface area contributed by atoms with Crippen LogP contribution >= 0.6 is 0 Å². The molecule has 0 aromatic heterocycles. The number of aliphatic hydroxyl groups is 1. The van der Waals surface area contributed by atoms with E-state index in [0.717, 1.165) is 16.9 Å². The Hall–Kier alpha value is -1.10. The zero-order valence-corrected chi connectivity index (χ0v) is 11.0. The van der Waals surface area contributed by atoms with Crippen LogP contribution in [-0.2, 0) is 15.1 Å². The molecule has 1 rings (SSSR count). The Morgan fingerprint density at radius 1 is 1.18 bits per heavy atom. The van der Waals surface area contributed by atoms with Gasteiger partial charge in [0.05, 0.1) is 7.11 Å². The lowest BCUT2D eigenvalue weighted by molar-refractivity contribution is -0.213. The van der Waals surface area contributed by atoms with Crippen LogP contribution in [0.1, 0.15) is 18.1 Å². The predicted molar refractivity (Wildman–Crippen MR) is 65.1 cm³/mol. The molecule has 0 heterocycles. The van der Waals surface area contributed by atoms with Crippen LogP contribution in [0.2, 0.25) is 0 Å². The minimum Gasteiger partial charge on any atom is -0.497 e. The molecule has 1 aromatic rings. The van der Waals surface area contributed by atoms with Crippen LogP contribution in [-0.4, -0.2) is 32.7 Å². The Balaban J connectivity index is 3.14. The molecule has 0 aliphatic heterocycles. The maximum atomic E-state index is 10.5. The number of benzene rings is 1. The first kappa shape index (κ1) is 14.0. The first-order chi connectivity index (χ1) is 7.97. The topological polar surface area (TPSA) is 47.9 Å². The summed E-state index contributed by atoms with van der Waals surface area (Å²) in [7, 11) is 4.61. The summed E-state index contributed by atoms with van der Waals surface area (Å²) in [5.41, 5.74) is 0.472. The predicted octanol–water partition coefficient (Wildman–Crippen LogP) is 1.83. The van der Waals surface area contributed by atoms with Crippen LogP contribution in [0.4, 0.5) is 0 Å². The summed E-state index contributed by atoms with van der Waals surface area (Å²) < 4.78 is 15.4. The molecule has 0 aliphatic carbocycles. The van der Waals surface area contributed by atoms with Crippen molar-refractivity contribution in [2.24, 2.45) is 0 Å². The monoisotopic (exact) mass is 240 g/mol. The molecule has 1 N–H and O–H groups in total. The minimum absolute atomic E-state index is 0.713. The lowest BCUT2D eigenvalue weighted by Gasteiger charge is -2.32. The van der Waals surface area contributed by atoms with Gasteiger partial charge >= 0.3 is 0 Å². The maximum absolute atomic E-state index is 10.5. The molecular weight excluding hydrogens is 220 g/mol. The quantitative estimate of drug-likeness (QED) is 0.798. The van der Waals surface area contributed by atoms with Gasteiger partial charge in [0, 0.05) is 14.2 Å². The highest BCUT2D eigenvalue weighted by Gasteiger charge is 2.35. The van der Waals surface area contributed by atoms with Crippen molar-refractivity contribution in [2.75, 3.05) is 21.3 Å². The van der Waals surface area contributed by atoms with Gasteiger partial charge in [0.2, 0.25) is 0 Å². The first-order valence-corrected chi connectivity index (χ1v) is 5.40.